The van der Waals surface area contributed by atoms with E-state index in [0.717, 1.165) is 23.4 Å². The summed E-state index contributed by atoms with van der Waals surface area (Å²) in [6.45, 7) is 0.122. The number of pyridine rings is 1. The van der Waals surface area contributed by atoms with E-state index in [1.54, 1.807) is 6.08 Å². The van der Waals surface area contributed by atoms with E-state index in [4.69, 9.17) is 0 Å². The van der Waals surface area contributed by atoms with Gasteiger partial charge in [-0.15, -0.1) is 0 Å². The Balaban J connectivity index is 1.65. The van der Waals surface area contributed by atoms with E-state index in [-0.39, 0.29) is 12.5 Å². The molecule has 1 heterocycles. The van der Waals surface area contributed by atoms with Crippen LogP contribution in [0.3, 0.4) is 0 Å². The van der Waals surface area contributed by atoms with Gasteiger partial charge in [0.15, 0.2) is 0 Å². The second-order valence-electron chi connectivity index (χ2n) is 4.87. The first-order chi connectivity index (χ1) is 10.4. The maximum Gasteiger partial charge on any atom is 0.433 e. The van der Waals surface area contributed by atoms with E-state index in [9.17, 15) is 18.0 Å². The fourth-order valence-corrected chi connectivity index (χ4v) is 2.26. The number of carbonyl (C=O) groups excluding carboxylic acids is 1. The number of halogens is 3. The van der Waals surface area contributed by atoms with Gasteiger partial charge in [-0.25, -0.2) is 0 Å². The smallest absolute Gasteiger partial charge is 0.348 e. The summed E-state index contributed by atoms with van der Waals surface area (Å²) < 4.78 is 37.2. The number of carbonyl (C=O) groups is 1. The van der Waals surface area contributed by atoms with E-state index in [0.29, 0.717) is 11.1 Å². The molecule has 0 fully saturated rings. The minimum Gasteiger partial charge on any atom is -0.348 e. The normalized spacial score (nSPS) is 16.0. The van der Waals surface area contributed by atoms with Crippen molar-refractivity contribution in [2.75, 3.05) is 0 Å². The summed E-state index contributed by atoms with van der Waals surface area (Å²) in [5.41, 5.74) is 1.97. The molecule has 0 unspecified atom stereocenters. The molecule has 0 spiro atoms. The molecule has 112 valence electrons. The van der Waals surface area contributed by atoms with Gasteiger partial charge in [-0.3, -0.25) is 9.78 Å². The predicted molar refractivity (Wildman–Crippen MR) is 74.5 cm³/mol. The molecule has 2 aliphatic carbocycles. The van der Waals surface area contributed by atoms with Crippen LogP contribution in [0.4, 0.5) is 13.2 Å². The molecular weight excluding hydrogens is 293 g/mol. The van der Waals surface area contributed by atoms with Crippen LogP contribution < -0.4 is 5.32 Å². The van der Waals surface area contributed by atoms with Gasteiger partial charge in [0.05, 0.1) is 0 Å². The zero-order valence-corrected chi connectivity index (χ0v) is 11.3. The summed E-state index contributed by atoms with van der Waals surface area (Å²) >= 11 is 0. The average Bonchev–Trinajstić information content (AvgIpc) is 3.07. The zero-order valence-electron chi connectivity index (χ0n) is 11.3. The molecule has 6 heteroatoms. The van der Waals surface area contributed by atoms with Gasteiger partial charge < -0.3 is 5.32 Å². The Morgan fingerprint density at radius 2 is 2.00 bits per heavy atom. The molecular formula is C16H11F3N2O. The molecule has 3 nitrogen and oxygen atoms in total. The van der Waals surface area contributed by atoms with Crippen LogP contribution in [0.25, 0.3) is 0 Å². The van der Waals surface area contributed by atoms with Gasteiger partial charge in [0, 0.05) is 18.3 Å². The van der Waals surface area contributed by atoms with Gasteiger partial charge in [0.25, 0.3) is 5.91 Å². The number of rotatable bonds is 3. The van der Waals surface area contributed by atoms with Gasteiger partial charge in [-0.1, -0.05) is 30.4 Å². The van der Waals surface area contributed by atoms with Crippen molar-refractivity contribution in [3.63, 3.8) is 0 Å². The Morgan fingerprint density at radius 1 is 1.18 bits per heavy atom. The third-order valence-electron chi connectivity index (χ3n) is 3.38. The summed E-state index contributed by atoms with van der Waals surface area (Å²) in [7, 11) is 0. The van der Waals surface area contributed by atoms with Crippen LogP contribution >= 0.6 is 0 Å². The number of hydrogen-bond donors (Lipinski definition) is 1. The van der Waals surface area contributed by atoms with Crippen molar-refractivity contribution in [2.45, 2.75) is 12.7 Å². The van der Waals surface area contributed by atoms with Crippen molar-refractivity contribution >= 4 is 5.91 Å². The second kappa shape index (κ2) is 5.29. The Morgan fingerprint density at radius 3 is 2.68 bits per heavy atom. The number of nitrogens with zero attached hydrogens (tertiary/aromatic N) is 1. The van der Waals surface area contributed by atoms with Gasteiger partial charge in [0.1, 0.15) is 5.69 Å². The molecule has 1 amide bonds. The largest absolute Gasteiger partial charge is 0.433 e. The quantitative estimate of drug-likeness (QED) is 0.932. The first-order valence-electron chi connectivity index (χ1n) is 6.56. The molecule has 1 aromatic rings. The Labute approximate surface area is 124 Å². The first kappa shape index (κ1) is 14.3. The lowest BCUT2D eigenvalue weighted by atomic mass is 10.1. The Kier molecular flexibility index (Phi) is 3.44. The van der Waals surface area contributed by atoms with Crippen molar-refractivity contribution in [3.8, 4) is 0 Å². The van der Waals surface area contributed by atoms with Crippen LogP contribution in [0, 0.1) is 0 Å². The first-order valence-corrected chi connectivity index (χ1v) is 6.56. The third-order valence-corrected chi connectivity index (χ3v) is 3.38. The molecule has 0 aliphatic heterocycles. The number of alkyl halides is 3. The number of nitrogens with one attached hydrogen (secondary N) is 1. The highest BCUT2D eigenvalue weighted by atomic mass is 19.4. The molecule has 0 saturated heterocycles. The number of amides is 1. The molecule has 1 aromatic heterocycles. The number of hydrogen-bond acceptors (Lipinski definition) is 2. The third kappa shape index (κ3) is 2.72. The number of fused-ring (bicyclic) bond motifs is 1. The fraction of sp³-hybridized carbons (Fsp3) is 0.125. The SMILES string of the molecule is O=C(NCc1ccc(C(F)(F)F)nc1)C1=C2C=CC=C2C=C1. The van der Waals surface area contributed by atoms with Crippen molar-refractivity contribution in [1.82, 2.24) is 10.3 Å². The molecule has 0 saturated carbocycles. The summed E-state index contributed by atoms with van der Waals surface area (Å²) in [4.78, 5) is 15.5. The molecule has 0 atom stereocenters. The van der Waals surface area contributed by atoms with Gasteiger partial charge in [-0.05, 0) is 28.9 Å². The summed E-state index contributed by atoms with van der Waals surface area (Å²) in [5.74, 6) is -0.263. The van der Waals surface area contributed by atoms with Crippen molar-refractivity contribution in [3.05, 3.63) is 76.7 Å². The minimum atomic E-state index is -4.46. The van der Waals surface area contributed by atoms with E-state index < -0.39 is 11.9 Å². The van der Waals surface area contributed by atoms with Crippen molar-refractivity contribution in [1.29, 1.82) is 0 Å². The van der Waals surface area contributed by atoms with Crippen LogP contribution in [-0.2, 0) is 17.5 Å². The number of allylic oxidation sites excluding steroid dienone is 6. The lowest BCUT2D eigenvalue weighted by Gasteiger charge is -2.08. The molecule has 2 aliphatic rings. The molecule has 1 N–H and O–H groups in total. The highest BCUT2D eigenvalue weighted by Gasteiger charge is 2.32. The summed E-state index contributed by atoms with van der Waals surface area (Å²) in [6, 6.07) is 2.21. The molecule has 0 aromatic carbocycles. The van der Waals surface area contributed by atoms with Gasteiger partial charge >= 0.3 is 6.18 Å². The topological polar surface area (TPSA) is 42.0 Å². The minimum absolute atomic E-state index is 0.122. The Bertz CT molecular complexity index is 738. The van der Waals surface area contributed by atoms with E-state index >= 15 is 0 Å². The number of aromatic nitrogens is 1. The lowest BCUT2D eigenvalue weighted by molar-refractivity contribution is -0.141. The fourth-order valence-electron chi connectivity index (χ4n) is 2.26. The van der Waals surface area contributed by atoms with Gasteiger partial charge in [-0.2, -0.15) is 13.2 Å². The van der Waals surface area contributed by atoms with E-state index in [1.807, 2.05) is 24.3 Å². The van der Waals surface area contributed by atoms with Crippen LogP contribution in [0.15, 0.2) is 65.4 Å². The van der Waals surface area contributed by atoms with E-state index in [2.05, 4.69) is 10.3 Å². The second-order valence-corrected chi connectivity index (χ2v) is 4.87. The van der Waals surface area contributed by atoms with Gasteiger partial charge in [0.2, 0.25) is 0 Å². The average molecular weight is 304 g/mol. The van der Waals surface area contributed by atoms with Crippen LogP contribution in [-0.4, -0.2) is 10.9 Å². The van der Waals surface area contributed by atoms with Crippen LogP contribution in [0.2, 0.25) is 0 Å². The van der Waals surface area contributed by atoms with Crippen LogP contribution in [0.1, 0.15) is 11.3 Å². The lowest BCUT2D eigenvalue weighted by Crippen LogP contribution is -2.24. The highest BCUT2D eigenvalue weighted by molar-refractivity contribution is 6.00. The Hall–Kier alpha value is -2.63. The summed E-state index contributed by atoms with van der Waals surface area (Å²) in [5, 5.41) is 2.68. The maximum atomic E-state index is 12.4. The highest BCUT2D eigenvalue weighted by Crippen LogP contribution is 2.30. The maximum absolute atomic E-state index is 12.4. The molecule has 22 heavy (non-hydrogen) atoms. The standard InChI is InChI=1S/C16H11F3N2O/c17-16(18,19)14-7-4-10(8-20-14)9-21-15(22)13-6-5-11-2-1-3-12(11)13/h1-8H,9H2,(H,21,22). The monoisotopic (exact) mass is 304 g/mol. The van der Waals surface area contributed by atoms with Crippen molar-refractivity contribution in [2.24, 2.45) is 0 Å². The molecule has 0 radical (unpaired) electrons. The molecule has 0 bridgehead atoms. The zero-order chi connectivity index (χ0) is 15.7. The van der Waals surface area contributed by atoms with E-state index in [1.165, 1.54) is 6.07 Å². The summed E-state index contributed by atoms with van der Waals surface area (Å²) in [6.07, 6.45) is 5.86. The van der Waals surface area contributed by atoms with Crippen molar-refractivity contribution < 1.29 is 18.0 Å². The van der Waals surface area contributed by atoms with Crippen LogP contribution in [0.5, 0.6) is 0 Å². The molecule has 3 rings (SSSR count). The predicted octanol–water partition coefficient (Wildman–Crippen LogP) is 3.08.